The zero-order valence-corrected chi connectivity index (χ0v) is 17.3. The Hall–Kier alpha value is -3.77. The summed E-state index contributed by atoms with van der Waals surface area (Å²) >= 11 is 0. The van der Waals surface area contributed by atoms with Gasteiger partial charge in [-0.25, -0.2) is 14.3 Å². The first-order chi connectivity index (χ1) is 15.2. The Morgan fingerprint density at radius 2 is 1.84 bits per heavy atom. The van der Waals surface area contributed by atoms with Gasteiger partial charge in [-0.15, -0.1) is 0 Å². The number of hydrogen-bond donors (Lipinski definition) is 2. The van der Waals surface area contributed by atoms with E-state index in [-0.39, 0.29) is 5.69 Å². The fraction of sp³-hybridized carbons (Fsp3) is 0.160. The van der Waals surface area contributed by atoms with Gasteiger partial charge in [-0.1, -0.05) is 36.4 Å². The lowest BCUT2D eigenvalue weighted by atomic mass is 10.00. The third kappa shape index (κ3) is 3.85. The standard InChI is InChI=1S/C25H23N5O/c1-17-14-24-28-29-25(31)30(24)23-10-9-20(15-22(17)23)19-7-5-18(6-8-19)16-26-13-11-21-4-2-3-12-27-21/h2-10,12,14-15,26H,11,13,16H2,1H3,(H,29,31). The number of rotatable bonds is 6. The van der Waals surface area contributed by atoms with Crippen molar-refractivity contribution in [1.29, 1.82) is 0 Å². The number of nitrogens with one attached hydrogen (secondary N) is 2. The SMILES string of the molecule is Cc1cc2n[nH]c(=O)n2c2ccc(-c3ccc(CNCCc4ccccn4)cc3)cc12. The maximum atomic E-state index is 12.1. The predicted octanol–water partition coefficient (Wildman–Crippen LogP) is 3.88. The maximum absolute atomic E-state index is 12.1. The normalized spacial score (nSPS) is 11.4. The molecule has 5 aromatic rings. The van der Waals surface area contributed by atoms with Gasteiger partial charge in [0.05, 0.1) is 5.52 Å². The molecule has 31 heavy (non-hydrogen) atoms. The van der Waals surface area contributed by atoms with Crippen LogP contribution in [0.2, 0.25) is 0 Å². The first-order valence-corrected chi connectivity index (χ1v) is 10.4. The second kappa shape index (κ2) is 8.16. The Morgan fingerprint density at radius 3 is 2.65 bits per heavy atom. The lowest BCUT2D eigenvalue weighted by Crippen LogP contribution is -2.17. The van der Waals surface area contributed by atoms with Crippen molar-refractivity contribution in [3.8, 4) is 11.1 Å². The highest BCUT2D eigenvalue weighted by molar-refractivity contribution is 5.89. The quantitative estimate of drug-likeness (QED) is 0.418. The van der Waals surface area contributed by atoms with Crippen molar-refractivity contribution in [3.63, 3.8) is 0 Å². The Labute approximate surface area is 179 Å². The molecule has 154 valence electrons. The van der Waals surface area contributed by atoms with E-state index in [2.05, 4.69) is 63.0 Å². The maximum Gasteiger partial charge on any atom is 0.348 e. The highest BCUT2D eigenvalue weighted by atomic mass is 16.1. The molecule has 3 heterocycles. The Kier molecular flexibility index (Phi) is 5.06. The van der Waals surface area contributed by atoms with Crippen LogP contribution < -0.4 is 11.0 Å². The fourth-order valence-electron chi connectivity index (χ4n) is 3.95. The molecule has 6 nitrogen and oxygen atoms in total. The molecule has 0 aliphatic heterocycles. The minimum absolute atomic E-state index is 0.215. The molecule has 5 rings (SSSR count). The first-order valence-electron chi connectivity index (χ1n) is 10.4. The summed E-state index contributed by atoms with van der Waals surface area (Å²) in [6.45, 7) is 3.76. The number of aromatic amines is 1. The number of pyridine rings is 2. The van der Waals surface area contributed by atoms with Gasteiger partial charge in [0, 0.05) is 36.8 Å². The molecule has 2 N–H and O–H groups in total. The van der Waals surface area contributed by atoms with E-state index in [9.17, 15) is 4.79 Å². The van der Waals surface area contributed by atoms with Gasteiger partial charge >= 0.3 is 5.69 Å². The number of aromatic nitrogens is 4. The van der Waals surface area contributed by atoms with E-state index in [0.717, 1.165) is 52.8 Å². The van der Waals surface area contributed by atoms with Gasteiger partial charge in [-0.05, 0) is 59.5 Å². The number of benzene rings is 2. The molecule has 3 aromatic heterocycles. The minimum Gasteiger partial charge on any atom is -0.312 e. The van der Waals surface area contributed by atoms with Crippen molar-refractivity contribution in [2.75, 3.05) is 6.54 Å². The highest BCUT2D eigenvalue weighted by Crippen LogP contribution is 2.27. The molecule has 0 saturated carbocycles. The fourth-order valence-corrected chi connectivity index (χ4v) is 3.95. The molecule has 0 unspecified atom stereocenters. The number of hydrogen-bond acceptors (Lipinski definition) is 4. The molecule has 0 aliphatic rings. The van der Waals surface area contributed by atoms with E-state index < -0.39 is 0 Å². The van der Waals surface area contributed by atoms with Gasteiger partial charge in [0.15, 0.2) is 5.65 Å². The highest BCUT2D eigenvalue weighted by Gasteiger charge is 2.09. The van der Waals surface area contributed by atoms with Gasteiger partial charge in [0.1, 0.15) is 0 Å². The Bertz CT molecular complexity index is 1400. The minimum atomic E-state index is -0.215. The van der Waals surface area contributed by atoms with Crippen LogP contribution in [0, 0.1) is 6.92 Å². The molecule has 6 heteroatoms. The number of H-pyrrole nitrogens is 1. The zero-order valence-electron chi connectivity index (χ0n) is 17.3. The van der Waals surface area contributed by atoms with Crippen molar-refractivity contribution in [2.24, 2.45) is 0 Å². The third-order valence-corrected chi connectivity index (χ3v) is 5.61. The summed E-state index contributed by atoms with van der Waals surface area (Å²) in [6, 6.07) is 22.7. The molecule has 2 aromatic carbocycles. The number of aryl methyl sites for hydroxylation is 1. The molecule has 0 amide bonds. The second-order valence-electron chi connectivity index (χ2n) is 7.73. The Morgan fingerprint density at radius 1 is 1.00 bits per heavy atom. The van der Waals surface area contributed by atoms with E-state index in [1.54, 1.807) is 4.40 Å². The van der Waals surface area contributed by atoms with Gasteiger partial charge in [-0.2, -0.15) is 5.10 Å². The molecule has 0 aliphatic carbocycles. The van der Waals surface area contributed by atoms with Crippen molar-refractivity contribution in [3.05, 3.63) is 100 Å². The zero-order chi connectivity index (χ0) is 21.2. The molecule has 0 radical (unpaired) electrons. The van der Waals surface area contributed by atoms with Crippen LogP contribution >= 0.6 is 0 Å². The smallest absolute Gasteiger partial charge is 0.312 e. The number of fused-ring (bicyclic) bond motifs is 3. The summed E-state index contributed by atoms with van der Waals surface area (Å²) in [5.41, 5.74) is 7.01. The monoisotopic (exact) mass is 409 g/mol. The summed E-state index contributed by atoms with van der Waals surface area (Å²) in [6.07, 6.45) is 2.75. The molecule has 0 fully saturated rings. The van der Waals surface area contributed by atoms with Gasteiger partial charge in [0.25, 0.3) is 0 Å². The topological polar surface area (TPSA) is 75.1 Å². The molecular weight excluding hydrogens is 386 g/mol. The lowest BCUT2D eigenvalue weighted by molar-refractivity contribution is 0.680. The predicted molar refractivity (Wildman–Crippen MR) is 123 cm³/mol. The van der Waals surface area contributed by atoms with Crippen LogP contribution in [0.15, 0.2) is 77.7 Å². The third-order valence-electron chi connectivity index (χ3n) is 5.61. The molecule has 0 saturated heterocycles. The lowest BCUT2D eigenvalue weighted by Gasteiger charge is -2.09. The van der Waals surface area contributed by atoms with Crippen LogP contribution in [0.5, 0.6) is 0 Å². The van der Waals surface area contributed by atoms with Crippen LogP contribution in [0.4, 0.5) is 0 Å². The van der Waals surface area contributed by atoms with Crippen LogP contribution in [-0.4, -0.2) is 26.1 Å². The van der Waals surface area contributed by atoms with Crippen LogP contribution in [0.25, 0.3) is 27.7 Å². The second-order valence-corrected chi connectivity index (χ2v) is 7.73. The van der Waals surface area contributed by atoms with Crippen molar-refractivity contribution < 1.29 is 0 Å². The van der Waals surface area contributed by atoms with Crippen molar-refractivity contribution in [1.82, 2.24) is 24.9 Å². The Balaban J connectivity index is 1.32. The van der Waals surface area contributed by atoms with Crippen LogP contribution in [-0.2, 0) is 13.0 Å². The molecule has 0 atom stereocenters. The van der Waals surface area contributed by atoms with E-state index in [1.165, 1.54) is 5.56 Å². The summed E-state index contributed by atoms with van der Waals surface area (Å²) in [5.74, 6) is 0. The van der Waals surface area contributed by atoms with Crippen molar-refractivity contribution >= 4 is 16.6 Å². The average Bonchev–Trinajstić information content (AvgIpc) is 3.18. The molecule has 0 spiro atoms. The largest absolute Gasteiger partial charge is 0.348 e. The van der Waals surface area contributed by atoms with E-state index >= 15 is 0 Å². The molecular formula is C25H23N5O. The van der Waals surface area contributed by atoms with Crippen molar-refractivity contribution in [2.45, 2.75) is 19.9 Å². The van der Waals surface area contributed by atoms with Gasteiger partial charge in [0.2, 0.25) is 0 Å². The average molecular weight is 409 g/mol. The summed E-state index contributed by atoms with van der Waals surface area (Å²) < 4.78 is 1.62. The summed E-state index contributed by atoms with van der Waals surface area (Å²) in [4.78, 5) is 16.5. The first kappa shape index (κ1) is 19.2. The van der Waals surface area contributed by atoms with Gasteiger partial charge in [-0.3, -0.25) is 4.98 Å². The van der Waals surface area contributed by atoms with E-state index in [0.29, 0.717) is 5.65 Å². The number of nitrogens with zero attached hydrogens (tertiary/aromatic N) is 3. The summed E-state index contributed by atoms with van der Waals surface area (Å²) in [7, 11) is 0. The van der Waals surface area contributed by atoms with E-state index in [4.69, 9.17) is 0 Å². The molecule has 0 bridgehead atoms. The van der Waals surface area contributed by atoms with Gasteiger partial charge < -0.3 is 5.32 Å². The summed E-state index contributed by atoms with van der Waals surface area (Å²) in [5, 5.41) is 11.1. The van der Waals surface area contributed by atoms with Crippen LogP contribution in [0.3, 0.4) is 0 Å². The van der Waals surface area contributed by atoms with E-state index in [1.807, 2.05) is 37.4 Å². The van der Waals surface area contributed by atoms with Crippen LogP contribution in [0.1, 0.15) is 16.8 Å².